The summed E-state index contributed by atoms with van der Waals surface area (Å²) in [5, 5.41) is 8.57. The molecule has 78 valence electrons. The van der Waals surface area contributed by atoms with E-state index in [-0.39, 0.29) is 6.42 Å². The molecule has 2 rings (SSSR count). The summed E-state index contributed by atoms with van der Waals surface area (Å²) >= 11 is 6.56. The molecule has 3 nitrogen and oxygen atoms in total. The molecule has 0 unspecified atom stereocenters. The van der Waals surface area contributed by atoms with Gasteiger partial charge in [0, 0.05) is 6.42 Å². The van der Waals surface area contributed by atoms with E-state index in [1.807, 2.05) is 18.2 Å². The second kappa shape index (κ2) is 4.12. The fourth-order valence-corrected chi connectivity index (χ4v) is 2.50. The Bertz CT molecular complexity index is 556. The number of H-pyrrole nitrogens is 1. The van der Waals surface area contributed by atoms with Crippen LogP contribution in [0, 0.1) is 3.95 Å². The largest absolute Gasteiger partial charge is 0.481 e. The van der Waals surface area contributed by atoms with Gasteiger partial charge < -0.3 is 10.1 Å². The molecule has 1 aromatic heterocycles. The molecule has 5 heteroatoms. The van der Waals surface area contributed by atoms with Crippen LogP contribution < -0.4 is 0 Å². The minimum atomic E-state index is -0.770. The average molecular weight is 239 g/mol. The zero-order chi connectivity index (χ0) is 10.8. The molecule has 0 aliphatic carbocycles. The zero-order valence-corrected chi connectivity index (χ0v) is 9.45. The molecule has 0 amide bonds. The van der Waals surface area contributed by atoms with Gasteiger partial charge in [-0.15, -0.1) is 11.3 Å². The highest BCUT2D eigenvalue weighted by atomic mass is 32.1. The summed E-state index contributed by atoms with van der Waals surface area (Å²) in [6.45, 7) is 0. The van der Waals surface area contributed by atoms with Crippen molar-refractivity contribution in [2.75, 3.05) is 0 Å². The molecule has 0 atom stereocenters. The van der Waals surface area contributed by atoms with Gasteiger partial charge in [0.25, 0.3) is 0 Å². The number of rotatable bonds is 3. The molecule has 15 heavy (non-hydrogen) atoms. The van der Waals surface area contributed by atoms with Crippen LogP contribution in [0.2, 0.25) is 0 Å². The summed E-state index contributed by atoms with van der Waals surface area (Å²) in [5.41, 5.74) is 2.02. The maximum absolute atomic E-state index is 10.4. The van der Waals surface area contributed by atoms with Gasteiger partial charge >= 0.3 is 5.97 Å². The van der Waals surface area contributed by atoms with Crippen LogP contribution in [-0.4, -0.2) is 16.1 Å². The standard InChI is InChI=1S/C10H9NO2S2/c12-9(13)4-2-6-1-3-8-7(5-6)11-10(14)15-8/h1,3,5H,2,4H2,(H,11,14)(H,12,13). The molecule has 0 spiro atoms. The van der Waals surface area contributed by atoms with Crippen LogP contribution in [0.3, 0.4) is 0 Å². The van der Waals surface area contributed by atoms with E-state index in [4.69, 9.17) is 17.3 Å². The van der Waals surface area contributed by atoms with Gasteiger partial charge in [-0.25, -0.2) is 0 Å². The van der Waals surface area contributed by atoms with Crippen molar-refractivity contribution in [3.63, 3.8) is 0 Å². The molecule has 1 heterocycles. The summed E-state index contributed by atoms with van der Waals surface area (Å²) in [5.74, 6) is -0.770. The third-order valence-electron chi connectivity index (χ3n) is 2.11. The first kappa shape index (κ1) is 10.3. The Balaban J connectivity index is 2.30. The van der Waals surface area contributed by atoms with Gasteiger partial charge in [0.2, 0.25) is 0 Å². The molecule has 0 radical (unpaired) electrons. The van der Waals surface area contributed by atoms with Crippen molar-refractivity contribution in [1.82, 2.24) is 4.98 Å². The van der Waals surface area contributed by atoms with Crippen molar-refractivity contribution in [3.8, 4) is 0 Å². The molecule has 0 fully saturated rings. The highest BCUT2D eigenvalue weighted by Gasteiger charge is 2.02. The van der Waals surface area contributed by atoms with Crippen LogP contribution in [0.1, 0.15) is 12.0 Å². The van der Waals surface area contributed by atoms with Crippen LogP contribution in [0.5, 0.6) is 0 Å². The lowest BCUT2D eigenvalue weighted by atomic mass is 10.1. The Labute approximate surface area is 95.4 Å². The minimum Gasteiger partial charge on any atom is -0.481 e. The first-order valence-corrected chi connectivity index (χ1v) is 5.71. The number of aliphatic carboxylic acids is 1. The van der Waals surface area contributed by atoms with Crippen molar-refractivity contribution in [1.29, 1.82) is 0 Å². The predicted octanol–water partition coefficient (Wildman–Crippen LogP) is 2.98. The van der Waals surface area contributed by atoms with Gasteiger partial charge in [0.05, 0.1) is 10.2 Å². The van der Waals surface area contributed by atoms with Gasteiger partial charge in [-0.2, -0.15) is 0 Å². The van der Waals surface area contributed by atoms with Gasteiger partial charge in [0.1, 0.15) is 0 Å². The molecule has 0 saturated heterocycles. The molecule has 0 aliphatic heterocycles. The molecular formula is C10H9NO2S2. The van der Waals surface area contributed by atoms with Crippen LogP contribution in [0.4, 0.5) is 0 Å². The monoisotopic (exact) mass is 239 g/mol. The van der Waals surface area contributed by atoms with Gasteiger partial charge in [-0.05, 0) is 36.3 Å². The fourth-order valence-electron chi connectivity index (χ4n) is 1.41. The molecule has 0 saturated carbocycles. The first-order valence-electron chi connectivity index (χ1n) is 4.49. The highest BCUT2D eigenvalue weighted by molar-refractivity contribution is 7.73. The van der Waals surface area contributed by atoms with Gasteiger partial charge in [-0.3, -0.25) is 4.79 Å². The van der Waals surface area contributed by atoms with E-state index in [9.17, 15) is 4.79 Å². The normalized spacial score (nSPS) is 10.7. The number of hydrogen-bond donors (Lipinski definition) is 2. The quantitative estimate of drug-likeness (QED) is 0.810. The number of aryl methyl sites for hydroxylation is 1. The van der Waals surface area contributed by atoms with Gasteiger partial charge in [0.15, 0.2) is 3.95 Å². The molecule has 2 aromatic rings. The number of carboxylic acids is 1. The number of aromatic amines is 1. The van der Waals surface area contributed by atoms with Crippen LogP contribution in [0.25, 0.3) is 10.2 Å². The van der Waals surface area contributed by atoms with E-state index in [2.05, 4.69) is 4.98 Å². The second-order valence-corrected chi connectivity index (χ2v) is 4.96. The number of fused-ring (bicyclic) bond motifs is 1. The third kappa shape index (κ3) is 2.43. The number of nitrogens with one attached hydrogen (secondary N) is 1. The lowest BCUT2D eigenvalue weighted by Crippen LogP contribution is -1.97. The molecule has 1 aromatic carbocycles. The highest BCUT2D eigenvalue weighted by Crippen LogP contribution is 2.20. The third-order valence-corrected chi connectivity index (χ3v) is 3.33. The first-order chi connectivity index (χ1) is 7.15. The Morgan fingerprint density at radius 1 is 1.53 bits per heavy atom. The van der Waals surface area contributed by atoms with Crippen molar-refractivity contribution >= 4 is 39.7 Å². The number of thiazole rings is 1. The summed E-state index contributed by atoms with van der Waals surface area (Å²) < 4.78 is 1.86. The number of aromatic nitrogens is 1. The predicted molar refractivity (Wildman–Crippen MR) is 63.0 cm³/mol. The minimum absolute atomic E-state index is 0.163. The molecule has 0 bridgehead atoms. The SMILES string of the molecule is O=C(O)CCc1ccc2sc(=S)[nH]c2c1. The van der Waals surface area contributed by atoms with Crippen LogP contribution >= 0.6 is 23.6 Å². The fraction of sp³-hybridized carbons (Fsp3) is 0.200. The molecular weight excluding hydrogens is 230 g/mol. The molecule has 2 N–H and O–H groups in total. The Morgan fingerprint density at radius 3 is 3.07 bits per heavy atom. The summed E-state index contributed by atoms with van der Waals surface area (Å²) in [6.07, 6.45) is 0.720. The number of hydrogen-bond acceptors (Lipinski definition) is 3. The maximum atomic E-state index is 10.4. The van der Waals surface area contributed by atoms with E-state index < -0.39 is 5.97 Å². The van der Waals surface area contributed by atoms with Crippen molar-refractivity contribution < 1.29 is 9.90 Å². The average Bonchev–Trinajstić information content (AvgIpc) is 2.53. The number of benzene rings is 1. The van der Waals surface area contributed by atoms with Crippen LogP contribution in [-0.2, 0) is 11.2 Å². The van der Waals surface area contributed by atoms with E-state index in [1.54, 1.807) is 0 Å². The van der Waals surface area contributed by atoms with Crippen molar-refractivity contribution in [3.05, 3.63) is 27.7 Å². The Morgan fingerprint density at radius 2 is 2.33 bits per heavy atom. The second-order valence-electron chi connectivity index (χ2n) is 3.24. The lowest BCUT2D eigenvalue weighted by Gasteiger charge is -1.98. The van der Waals surface area contributed by atoms with Crippen molar-refractivity contribution in [2.24, 2.45) is 0 Å². The summed E-state index contributed by atoms with van der Waals surface area (Å²) in [7, 11) is 0. The van der Waals surface area contributed by atoms with Crippen molar-refractivity contribution in [2.45, 2.75) is 12.8 Å². The smallest absolute Gasteiger partial charge is 0.303 e. The number of carbonyl (C=O) groups is 1. The van der Waals surface area contributed by atoms with E-state index >= 15 is 0 Å². The van der Waals surface area contributed by atoms with E-state index in [0.717, 1.165) is 19.7 Å². The lowest BCUT2D eigenvalue weighted by molar-refractivity contribution is -0.136. The topological polar surface area (TPSA) is 53.1 Å². The number of carboxylic acid groups (broad SMARTS) is 1. The maximum Gasteiger partial charge on any atom is 0.303 e. The Hall–Kier alpha value is -1.20. The van der Waals surface area contributed by atoms with Crippen LogP contribution in [0.15, 0.2) is 18.2 Å². The molecule has 0 aliphatic rings. The summed E-state index contributed by atoms with van der Waals surface area (Å²) in [6, 6.07) is 5.89. The van der Waals surface area contributed by atoms with E-state index in [0.29, 0.717) is 6.42 Å². The zero-order valence-electron chi connectivity index (χ0n) is 7.82. The van der Waals surface area contributed by atoms with Gasteiger partial charge in [-0.1, -0.05) is 6.07 Å². The van der Waals surface area contributed by atoms with E-state index in [1.165, 1.54) is 11.3 Å². The summed E-state index contributed by atoms with van der Waals surface area (Å²) in [4.78, 5) is 13.5. The Kier molecular flexibility index (Phi) is 2.83.